The highest BCUT2D eigenvalue weighted by molar-refractivity contribution is 5.80. The number of hydrogen-bond donors (Lipinski definition) is 0. The fraction of sp³-hybridized carbons (Fsp3) is 0.833. The SMILES string of the molecule is CC(OC(=O)C(C)(C)C)C1(C)CCOC1=O. The van der Waals surface area contributed by atoms with Gasteiger partial charge >= 0.3 is 11.9 Å². The number of ether oxygens (including phenoxy) is 2. The maximum atomic E-state index is 11.7. The van der Waals surface area contributed by atoms with Crippen molar-refractivity contribution >= 4 is 11.9 Å². The van der Waals surface area contributed by atoms with Crippen LogP contribution >= 0.6 is 0 Å². The van der Waals surface area contributed by atoms with Gasteiger partial charge in [0, 0.05) is 6.42 Å². The normalized spacial score (nSPS) is 27.4. The van der Waals surface area contributed by atoms with Gasteiger partial charge in [0.05, 0.1) is 12.0 Å². The van der Waals surface area contributed by atoms with E-state index in [1.54, 1.807) is 34.6 Å². The number of cyclic esters (lactones) is 1. The van der Waals surface area contributed by atoms with Crippen molar-refractivity contribution in [1.29, 1.82) is 0 Å². The quantitative estimate of drug-likeness (QED) is 0.677. The van der Waals surface area contributed by atoms with Crippen LogP contribution in [0.3, 0.4) is 0 Å². The summed E-state index contributed by atoms with van der Waals surface area (Å²) in [5.41, 5.74) is -1.24. The van der Waals surface area contributed by atoms with E-state index in [0.29, 0.717) is 13.0 Å². The van der Waals surface area contributed by atoms with Gasteiger partial charge in [-0.2, -0.15) is 0 Å². The number of carbonyl (C=O) groups is 2. The highest BCUT2D eigenvalue weighted by atomic mass is 16.6. The molecule has 0 radical (unpaired) electrons. The first kappa shape index (κ1) is 13.0. The van der Waals surface area contributed by atoms with Crippen LogP contribution in [0.4, 0.5) is 0 Å². The summed E-state index contributed by atoms with van der Waals surface area (Å²) in [4.78, 5) is 23.3. The molecule has 1 aliphatic rings. The van der Waals surface area contributed by atoms with Crippen molar-refractivity contribution in [2.75, 3.05) is 6.61 Å². The van der Waals surface area contributed by atoms with Gasteiger partial charge in [0.15, 0.2) is 0 Å². The lowest BCUT2D eigenvalue weighted by atomic mass is 9.83. The summed E-state index contributed by atoms with van der Waals surface area (Å²) in [5.74, 6) is -0.567. The average Bonchev–Trinajstić information content (AvgIpc) is 2.46. The second kappa shape index (κ2) is 4.07. The van der Waals surface area contributed by atoms with Crippen LogP contribution in [0.15, 0.2) is 0 Å². The van der Waals surface area contributed by atoms with E-state index < -0.39 is 16.9 Å². The topological polar surface area (TPSA) is 52.6 Å². The molecule has 16 heavy (non-hydrogen) atoms. The smallest absolute Gasteiger partial charge is 0.315 e. The molecular weight excluding hydrogens is 208 g/mol. The first-order valence-electron chi connectivity index (χ1n) is 5.56. The fourth-order valence-electron chi connectivity index (χ4n) is 1.46. The predicted octanol–water partition coefficient (Wildman–Crippen LogP) is 1.92. The van der Waals surface area contributed by atoms with Gasteiger partial charge in [-0.05, 0) is 34.6 Å². The van der Waals surface area contributed by atoms with Crippen LogP contribution in [0.5, 0.6) is 0 Å². The summed E-state index contributed by atoms with van der Waals surface area (Å²) in [7, 11) is 0. The van der Waals surface area contributed by atoms with E-state index >= 15 is 0 Å². The van der Waals surface area contributed by atoms with E-state index in [0.717, 1.165) is 0 Å². The molecule has 92 valence electrons. The van der Waals surface area contributed by atoms with E-state index in [4.69, 9.17) is 9.47 Å². The molecule has 1 fully saturated rings. The zero-order valence-electron chi connectivity index (χ0n) is 10.6. The van der Waals surface area contributed by atoms with Gasteiger partial charge in [-0.3, -0.25) is 9.59 Å². The molecule has 0 aromatic carbocycles. The van der Waals surface area contributed by atoms with Crippen molar-refractivity contribution in [2.24, 2.45) is 10.8 Å². The monoisotopic (exact) mass is 228 g/mol. The standard InChI is InChI=1S/C12H20O4/c1-8(16-9(13)11(2,3)4)12(5)6-7-15-10(12)14/h8H,6-7H2,1-5H3. The van der Waals surface area contributed by atoms with E-state index in [1.807, 2.05) is 0 Å². The molecule has 4 heteroatoms. The Hall–Kier alpha value is -1.06. The summed E-state index contributed by atoms with van der Waals surface area (Å²) >= 11 is 0. The third kappa shape index (κ3) is 2.36. The van der Waals surface area contributed by atoms with Crippen LogP contribution in [0.1, 0.15) is 41.0 Å². The largest absolute Gasteiger partial charge is 0.465 e. The number of carbonyl (C=O) groups excluding carboxylic acids is 2. The molecule has 4 nitrogen and oxygen atoms in total. The van der Waals surface area contributed by atoms with Crippen LogP contribution < -0.4 is 0 Å². The molecule has 0 amide bonds. The van der Waals surface area contributed by atoms with Crippen molar-refractivity contribution in [2.45, 2.75) is 47.1 Å². The van der Waals surface area contributed by atoms with Gasteiger partial charge in [0.25, 0.3) is 0 Å². The fourth-order valence-corrected chi connectivity index (χ4v) is 1.46. The lowest BCUT2D eigenvalue weighted by molar-refractivity contribution is -0.168. The van der Waals surface area contributed by atoms with E-state index in [9.17, 15) is 9.59 Å². The minimum Gasteiger partial charge on any atom is -0.465 e. The third-order valence-electron chi connectivity index (χ3n) is 3.11. The van der Waals surface area contributed by atoms with E-state index in [2.05, 4.69) is 0 Å². The Morgan fingerprint density at radius 3 is 2.44 bits per heavy atom. The third-order valence-corrected chi connectivity index (χ3v) is 3.11. The van der Waals surface area contributed by atoms with E-state index in [-0.39, 0.29) is 11.9 Å². The molecule has 0 aliphatic carbocycles. The molecule has 2 unspecified atom stereocenters. The minimum atomic E-state index is -0.694. The lowest BCUT2D eigenvalue weighted by Crippen LogP contribution is -2.40. The van der Waals surface area contributed by atoms with Crippen molar-refractivity contribution < 1.29 is 19.1 Å². The molecular formula is C12H20O4. The Bertz CT molecular complexity index is 303. The summed E-state index contributed by atoms with van der Waals surface area (Å²) in [6.45, 7) is 9.30. The first-order chi connectivity index (χ1) is 7.18. The van der Waals surface area contributed by atoms with Crippen molar-refractivity contribution in [3.63, 3.8) is 0 Å². The van der Waals surface area contributed by atoms with Gasteiger partial charge < -0.3 is 9.47 Å². The summed E-state index contributed by atoms with van der Waals surface area (Å²) < 4.78 is 10.3. The highest BCUT2D eigenvalue weighted by Crippen LogP contribution is 2.35. The molecule has 0 aromatic heterocycles. The maximum Gasteiger partial charge on any atom is 0.315 e. The molecule has 1 heterocycles. The van der Waals surface area contributed by atoms with Gasteiger partial charge in [-0.1, -0.05) is 0 Å². The molecule has 0 spiro atoms. The number of esters is 2. The molecule has 1 rings (SSSR count). The Balaban J connectivity index is 2.69. The van der Waals surface area contributed by atoms with Gasteiger partial charge in [0.1, 0.15) is 11.5 Å². The second-order valence-corrected chi connectivity index (χ2v) is 5.60. The van der Waals surface area contributed by atoms with Crippen LogP contribution in [-0.4, -0.2) is 24.6 Å². The first-order valence-corrected chi connectivity index (χ1v) is 5.56. The average molecular weight is 228 g/mol. The molecule has 0 saturated carbocycles. The lowest BCUT2D eigenvalue weighted by Gasteiger charge is -2.29. The molecule has 2 atom stereocenters. The molecule has 1 saturated heterocycles. The predicted molar refractivity (Wildman–Crippen MR) is 58.7 cm³/mol. The Morgan fingerprint density at radius 2 is 2.06 bits per heavy atom. The minimum absolute atomic E-state index is 0.276. The number of hydrogen-bond acceptors (Lipinski definition) is 4. The Kier molecular flexibility index (Phi) is 3.31. The zero-order valence-corrected chi connectivity index (χ0v) is 10.6. The zero-order chi connectivity index (χ0) is 12.6. The van der Waals surface area contributed by atoms with E-state index in [1.165, 1.54) is 0 Å². The Morgan fingerprint density at radius 1 is 1.50 bits per heavy atom. The molecule has 0 N–H and O–H groups in total. The van der Waals surface area contributed by atoms with Crippen LogP contribution in [0, 0.1) is 10.8 Å². The van der Waals surface area contributed by atoms with Crippen molar-refractivity contribution in [1.82, 2.24) is 0 Å². The highest BCUT2D eigenvalue weighted by Gasteiger charge is 2.47. The van der Waals surface area contributed by atoms with Crippen LogP contribution in [0.25, 0.3) is 0 Å². The second-order valence-electron chi connectivity index (χ2n) is 5.60. The summed E-state index contributed by atoms with van der Waals surface area (Å²) in [6, 6.07) is 0. The molecule has 0 bridgehead atoms. The maximum absolute atomic E-state index is 11.7. The van der Waals surface area contributed by atoms with Gasteiger partial charge in [-0.15, -0.1) is 0 Å². The number of rotatable bonds is 2. The summed E-state index contributed by atoms with van der Waals surface area (Å²) in [6.07, 6.45) is 0.152. The van der Waals surface area contributed by atoms with Gasteiger partial charge in [0.2, 0.25) is 0 Å². The summed E-state index contributed by atoms with van der Waals surface area (Å²) in [5, 5.41) is 0. The van der Waals surface area contributed by atoms with Gasteiger partial charge in [-0.25, -0.2) is 0 Å². The van der Waals surface area contributed by atoms with Crippen molar-refractivity contribution in [3.05, 3.63) is 0 Å². The molecule has 0 aromatic rings. The molecule has 1 aliphatic heterocycles. The Labute approximate surface area is 96.3 Å². The van der Waals surface area contributed by atoms with Crippen LogP contribution in [-0.2, 0) is 19.1 Å². The van der Waals surface area contributed by atoms with Crippen molar-refractivity contribution in [3.8, 4) is 0 Å². The van der Waals surface area contributed by atoms with Crippen LogP contribution in [0.2, 0.25) is 0 Å².